The number of benzene rings is 2. The van der Waals surface area contributed by atoms with Gasteiger partial charge in [0.2, 0.25) is 0 Å². The number of rotatable bonds is 3. The molecule has 2 aromatic carbocycles. The summed E-state index contributed by atoms with van der Waals surface area (Å²) in [6.45, 7) is 0. The third-order valence-corrected chi connectivity index (χ3v) is 7.57. The molecule has 2 nitrogen and oxygen atoms in total. The van der Waals surface area contributed by atoms with Crippen LogP contribution in [0.5, 0.6) is 0 Å². The summed E-state index contributed by atoms with van der Waals surface area (Å²) in [5, 5.41) is 1.37. The molecule has 4 fully saturated rings. The molecule has 0 radical (unpaired) electrons. The summed E-state index contributed by atoms with van der Waals surface area (Å²) >= 11 is 12.2. The van der Waals surface area contributed by atoms with Gasteiger partial charge in [0.1, 0.15) is 11.7 Å². The van der Waals surface area contributed by atoms with E-state index in [1.165, 1.54) is 32.1 Å². The molecule has 1 amide bonds. The summed E-state index contributed by atoms with van der Waals surface area (Å²) in [5.41, 5.74) is 1.77. The molecular formula is C23H24Cl2NO+. The van der Waals surface area contributed by atoms with Crippen LogP contribution in [0.3, 0.4) is 0 Å². The SMILES string of the molecule is O=C(c1ccc(Cl)cc1)[NH+](c1ccc(Cl)cc1)C1C2CC3CC(C2)CC1C3. The molecule has 1 atom stereocenters. The number of amides is 1. The molecule has 0 aromatic heterocycles. The zero-order chi connectivity index (χ0) is 18.5. The van der Waals surface area contributed by atoms with Gasteiger partial charge in [-0.25, -0.2) is 9.69 Å². The van der Waals surface area contributed by atoms with Gasteiger partial charge in [0.05, 0.1) is 5.56 Å². The molecule has 2 aromatic rings. The molecule has 0 heterocycles. The normalized spacial score (nSPS) is 32.4. The van der Waals surface area contributed by atoms with Crippen molar-refractivity contribution in [2.45, 2.75) is 38.1 Å². The number of carbonyl (C=O) groups excluding carboxylic acids is 1. The van der Waals surface area contributed by atoms with Crippen LogP contribution in [-0.2, 0) is 0 Å². The first-order chi connectivity index (χ1) is 13.1. The Morgan fingerprint density at radius 2 is 1.22 bits per heavy atom. The van der Waals surface area contributed by atoms with Crippen molar-refractivity contribution in [2.75, 3.05) is 0 Å². The van der Waals surface area contributed by atoms with Crippen LogP contribution < -0.4 is 4.90 Å². The number of carbonyl (C=O) groups is 1. The molecule has 4 saturated carbocycles. The maximum absolute atomic E-state index is 13.7. The van der Waals surface area contributed by atoms with Gasteiger partial charge in [-0.15, -0.1) is 0 Å². The number of nitrogens with one attached hydrogen (secondary N) is 1. The molecular weight excluding hydrogens is 377 g/mol. The van der Waals surface area contributed by atoms with Gasteiger partial charge < -0.3 is 0 Å². The zero-order valence-corrected chi connectivity index (χ0v) is 16.7. The first kappa shape index (κ1) is 17.7. The van der Waals surface area contributed by atoms with Crippen LogP contribution in [0.2, 0.25) is 10.0 Å². The first-order valence-corrected chi connectivity index (χ1v) is 10.8. The second-order valence-electron chi connectivity index (χ2n) is 8.71. The smallest absolute Gasteiger partial charge is 0.232 e. The predicted octanol–water partition coefficient (Wildman–Crippen LogP) is 5.17. The van der Waals surface area contributed by atoms with Gasteiger partial charge in [0, 0.05) is 34.0 Å². The molecule has 1 N–H and O–H groups in total. The van der Waals surface area contributed by atoms with E-state index in [1.807, 2.05) is 48.5 Å². The molecule has 4 aliphatic rings. The van der Waals surface area contributed by atoms with Crippen molar-refractivity contribution in [1.29, 1.82) is 0 Å². The first-order valence-electron chi connectivity index (χ1n) is 10.0. The van der Waals surface area contributed by atoms with Gasteiger partial charge in [-0.3, -0.25) is 0 Å². The van der Waals surface area contributed by atoms with Crippen molar-refractivity contribution in [3.63, 3.8) is 0 Å². The van der Waals surface area contributed by atoms with E-state index in [1.54, 1.807) is 0 Å². The Labute approximate surface area is 170 Å². The van der Waals surface area contributed by atoms with Crippen LogP contribution in [0.25, 0.3) is 0 Å². The molecule has 4 heteroatoms. The Morgan fingerprint density at radius 1 is 0.741 bits per heavy atom. The summed E-state index contributed by atoms with van der Waals surface area (Å²) < 4.78 is 0. The highest BCUT2D eigenvalue weighted by molar-refractivity contribution is 6.30. The Kier molecular flexibility index (Phi) is 4.54. The van der Waals surface area contributed by atoms with Crippen LogP contribution in [0.4, 0.5) is 5.69 Å². The predicted molar refractivity (Wildman–Crippen MR) is 109 cm³/mol. The Bertz CT molecular complexity index is 818. The van der Waals surface area contributed by atoms with Crippen molar-refractivity contribution in [3.8, 4) is 0 Å². The Morgan fingerprint density at radius 3 is 1.74 bits per heavy atom. The molecule has 0 saturated heterocycles. The van der Waals surface area contributed by atoms with Crippen LogP contribution in [0.15, 0.2) is 48.5 Å². The summed E-state index contributed by atoms with van der Waals surface area (Å²) in [5.74, 6) is 3.25. The number of quaternary nitrogens is 1. The molecule has 140 valence electrons. The monoisotopic (exact) mass is 400 g/mol. The van der Waals surface area contributed by atoms with Crippen LogP contribution >= 0.6 is 23.2 Å². The standard InChI is InChI=1S/C23H23Cl2NO/c24-19-3-1-16(2-4-19)23(27)26(21-7-5-20(25)6-8-21)22-17-10-14-9-15(12-17)13-18(22)11-14/h1-8,14-15,17-18,22H,9-13H2/p+1. The second kappa shape index (κ2) is 6.92. The van der Waals surface area contributed by atoms with Gasteiger partial charge in [-0.05, 0) is 80.3 Å². The van der Waals surface area contributed by atoms with Crippen molar-refractivity contribution >= 4 is 34.8 Å². The molecule has 27 heavy (non-hydrogen) atoms. The average molecular weight is 401 g/mol. The topological polar surface area (TPSA) is 21.5 Å². The summed E-state index contributed by atoms with van der Waals surface area (Å²) in [4.78, 5) is 14.7. The van der Waals surface area contributed by atoms with Gasteiger partial charge in [0.25, 0.3) is 0 Å². The molecule has 0 aliphatic heterocycles. The minimum Gasteiger partial charge on any atom is -0.232 e. The Balaban J connectivity index is 1.55. The largest absolute Gasteiger partial charge is 0.349 e. The van der Waals surface area contributed by atoms with E-state index in [0.29, 0.717) is 27.9 Å². The fourth-order valence-electron chi connectivity index (χ4n) is 6.26. The quantitative estimate of drug-likeness (QED) is 0.753. The van der Waals surface area contributed by atoms with Crippen LogP contribution in [-0.4, -0.2) is 11.9 Å². The Hall–Kier alpha value is -1.35. The maximum Gasteiger partial charge on any atom is 0.349 e. The second-order valence-corrected chi connectivity index (χ2v) is 9.59. The number of hydrogen-bond acceptors (Lipinski definition) is 1. The highest BCUT2D eigenvalue weighted by Crippen LogP contribution is 2.53. The van der Waals surface area contributed by atoms with Gasteiger partial charge in [-0.2, -0.15) is 0 Å². The van der Waals surface area contributed by atoms with Gasteiger partial charge in [-0.1, -0.05) is 23.2 Å². The molecule has 6 rings (SSSR count). The van der Waals surface area contributed by atoms with E-state index >= 15 is 0 Å². The minimum absolute atomic E-state index is 0.159. The fourth-order valence-corrected chi connectivity index (χ4v) is 6.51. The highest BCUT2D eigenvalue weighted by atomic mass is 35.5. The molecule has 0 spiro atoms. The van der Waals surface area contributed by atoms with E-state index in [-0.39, 0.29) is 5.91 Å². The third kappa shape index (κ3) is 3.22. The lowest BCUT2D eigenvalue weighted by Crippen LogP contribution is -3.16. The molecule has 1 unspecified atom stereocenters. The van der Waals surface area contributed by atoms with E-state index in [4.69, 9.17) is 23.2 Å². The number of halogens is 2. The van der Waals surface area contributed by atoms with Gasteiger partial charge >= 0.3 is 5.91 Å². The van der Waals surface area contributed by atoms with E-state index in [9.17, 15) is 4.79 Å². The minimum atomic E-state index is 0.159. The summed E-state index contributed by atoms with van der Waals surface area (Å²) in [7, 11) is 0. The third-order valence-electron chi connectivity index (χ3n) is 7.07. The van der Waals surface area contributed by atoms with E-state index < -0.39 is 0 Å². The highest BCUT2D eigenvalue weighted by Gasteiger charge is 2.54. The van der Waals surface area contributed by atoms with Crippen molar-refractivity contribution in [2.24, 2.45) is 23.7 Å². The van der Waals surface area contributed by atoms with Crippen molar-refractivity contribution in [1.82, 2.24) is 0 Å². The lowest BCUT2D eigenvalue weighted by Gasteiger charge is -2.54. The van der Waals surface area contributed by atoms with Crippen LogP contribution in [0.1, 0.15) is 42.5 Å². The van der Waals surface area contributed by atoms with Gasteiger partial charge in [0.15, 0.2) is 0 Å². The lowest BCUT2D eigenvalue weighted by atomic mass is 9.53. The summed E-state index contributed by atoms with van der Waals surface area (Å²) in [6.07, 6.45) is 6.59. The summed E-state index contributed by atoms with van der Waals surface area (Å²) in [6, 6.07) is 15.6. The number of hydrogen-bond donors (Lipinski definition) is 1. The van der Waals surface area contributed by atoms with Crippen molar-refractivity contribution in [3.05, 3.63) is 64.1 Å². The zero-order valence-electron chi connectivity index (χ0n) is 15.2. The average Bonchev–Trinajstić information content (AvgIpc) is 2.65. The van der Waals surface area contributed by atoms with Crippen LogP contribution in [0, 0.1) is 23.7 Å². The molecule has 4 bridgehead atoms. The lowest BCUT2D eigenvalue weighted by molar-refractivity contribution is -0.789. The molecule has 4 aliphatic carbocycles. The fraction of sp³-hybridized carbons (Fsp3) is 0.435. The van der Waals surface area contributed by atoms with E-state index in [2.05, 4.69) is 0 Å². The van der Waals surface area contributed by atoms with E-state index in [0.717, 1.165) is 28.0 Å². The van der Waals surface area contributed by atoms with Crippen molar-refractivity contribution < 1.29 is 9.69 Å². The maximum atomic E-state index is 13.7.